The predicted octanol–water partition coefficient (Wildman–Crippen LogP) is 5.14. The lowest BCUT2D eigenvalue weighted by Crippen LogP contribution is -2.09. The van der Waals surface area contributed by atoms with E-state index >= 15 is 0 Å². The van der Waals surface area contributed by atoms with Gasteiger partial charge in [-0.05, 0) is 30.3 Å². The molecule has 1 aromatic heterocycles. The van der Waals surface area contributed by atoms with Crippen molar-refractivity contribution < 1.29 is 13.2 Å². The quantitative estimate of drug-likeness (QED) is 0.638. The molecule has 0 saturated carbocycles. The van der Waals surface area contributed by atoms with E-state index in [9.17, 15) is 13.2 Å². The highest BCUT2D eigenvalue weighted by Gasteiger charge is 2.31. The smallest absolute Gasteiger partial charge is 0.383 e. The van der Waals surface area contributed by atoms with Crippen molar-refractivity contribution in [2.75, 3.05) is 11.9 Å². The van der Waals surface area contributed by atoms with E-state index < -0.39 is 11.7 Å². The van der Waals surface area contributed by atoms with Crippen LogP contribution in [0.3, 0.4) is 0 Å². The molecule has 134 valence electrons. The number of anilines is 1. The van der Waals surface area contributed by atoms with Gasteiger partial charge in [0.15, 0.2) is 5.82 Å². The minimum atomic E-state index is -4.42. The van der Waals surface area contributed by atoms with Crippen LogP contribution in [0.1, 0.15) is 24.2 Å². The molecule has 0 fully saturated rings. The van der Waals surface area contributed by atoms with Crippen LogP contribution in [-0.2, 0) is 6.18 Å². The van der Waals surface area contributed by atoms with E-state index in [0.29, 0.717) is 28.8 Å². The maximum Gasteiger partial charge on any atom is 0.416 e. The van der Waals surface area contributed by atoms with Gasteiger partial charge in [-0.25, -0.2) is 0 Å². The molecule has 0 amide bonds. The number of benzene rings is 2. The lowest BCUT2D eigenvalue weighted by atomic mass is 10.1. The van der Waals surface area contributed by atoms with Crippen molar-refractivity contribution >= 4 is 17.3 Å². The number of hydrogen-bond donors (Lipinski definition) is 1. The monoisotopic (exact) mass is 378 g/mol. The average Bonchev–Trinajstić information content (AvgIpc) is 2.99. The molecule has 0 aliphatic carbocycles. The summed E-state index contributed by atoms with van der Waals surface area (Å²) in [6.07, 6.45) is -4.42. The van der Waals surface area contributed by atoms with Crippen molar-refractivity contribution in [3.8, 4) is 17.1 Å². The number of nitrogens with one attached hydrogen (secondary N) is 1. The van der Waals surface area contributed by atoms with E-state index in [4.69, 9.17) is 11.6 Å². The predicted molar refractivity (Wildman–Crippen MR) is 93.7 cm³/mol. The second-order valence-electron chi connectivity index (χ2n) is 6.24. The van der Waals surface area contributed by atoms with E-state index in [2.05, 4.69) is 15.5 Å². The number of fused-ring (bicyclic) bond motifs is 3. The van der Waals surface area contributed by atoms with Crippen LogP contribution >= 0.6 is 11.6 Å². The first kappa shape index (κ1) is 16.9. The minimum Gasteiger partial charge on any atom is -0.383 e. The fourth-order valence-electron chi connectivity index (χ4n) is 3.07. The lowest BCUT2D eigenvalue weighted by Gasteiger charge is -2.13. The molecule has 2 heterocycles. The zero-order valence-electron chi connectivity index (χ0n) is 13.7. The molecule has 2 aromatic carbocycles. The third-order valence-corrected chi connectivity index (χ3v) is 4.61. The van der Waals surface area contributed by atoms with Crippen LogP contribution in [0.15, 0.2) is 42.5 Å². The lowest BCUT2D eigenvalue weighted by molar-refractivity contribution is -0.137. The van der Waals surface area contributed by atoms with Crippen molar-refractivity contribution in [1.29, 1.82) is 0 Å². The largest absolute Gasteiger partial charge is 0.416 e. The maximum atomic E-state index is 13.1. The third-order valence-electron chi connectivity index (χ3n) is 4.38. The van der Waals surface area contributed by atoms with E-state index in [-0.39, 0.29) is 5.92 Å². The summed E-state index contributed by atoms with van der Waals surface area (Å²) >= 11 is 6.09. The van der Waals surface area contributed by atoms with Gasteiger partial charge in [0.2, 0.25) is 0 Å². The van der Waals surface area contributed by atoms with Gasteiger partial charge in [-0.2, -0.15) is 13.2 Å². The molecule has 0 bridgehead atoms. The summed E-state index contributed by atoms with van der Waals surface area (Å²) in [6.45, 7) is 2.60. The SMILES string of the molecule is CC1CNc2cc(Cl)ccc2-n2c(-c3cccc(C(F)(F)F)c3)nnc21. The van der Waals surface area contributed by atoms with E-state index in [1.165, 1.54) is 6.07 Å². The molecule has 1 aliphatic heterocycles. The number of halogens is 4. The summed E-state index contributed by atoms with van der Waals surface area (Å²) in [6, 6.07) is 10.4. The number of rotatable bonds is 1. The number of hydrogen-bond acceptors (Lipinski definition) is 3. The Morgan fingerprint density at radius 3 is 2.73 bits per heavy atom. The number of nitrogens with zero attached hydrogens (tertiary/aromatic N) is 3. The summed E-state index contributed by atoms with van der Waals surface area (Å²) in [5.74, 6) is 1.07. The molecule has 1 unspecified atom stereocenters. The van der Waals surface area contributed by atoms with Crippen molar-refractivity contribution in [3.63, 3.8) is 0 Å². The first-order chi connectivity index (χ1) is 12.3. The molecular weight excluding hydrogens is 365 g/mol. The first-order valence-electron chi connectivity index (χ1n) is 8.01. The molecular formula is C18H14ClF3N4. The molecule has 4 rings (SSSR count). The zero-order valence-corrected chi connectivity index (χ0v) is 14.4. The summed E-state index contributed by atoms with van der Waals surface area (Å²) < 4.78 is 41.1. The third kappa shape index (κ3) is 2.82. The van der Waals surface area contributed by atoms with Crippen molar-refractivity contribution in [1.82, 2.24) is 14.8 Å². The molecule has 0 spiro atoms. The highest BCUT2D eigenvalue weighted by atomic mass is 35.5. The second-order valence-corrected chi connectivity index (χ2v) is 6.68. The topological polar surface area (TPSA) is 42.7 Å². The molecule has 3 aromatic rings. The Bertz CT molecular complexity index is 981. The van der Waals surface area contributed by atoms with Crippen LogP contribution in [0.4, 0.5) is 18.9 Å². The van der Waals surface area contributed by atoms with E-state index in [1.807, 2.05) is 13.0 Å². The Morgan fingerprint density at radius 1 is 1.15 bits per heavy atom. The van der Waals surface area contributed by atoms with Crippen LogP contribution < -0.4 is 5.32 Å². The van der Waals surface area contributed by atoms with Gasteiger partial charge in [0.25, 0.3) is 0 Å². The Morgan fingerprint density at radius 2 is 1.96 bits per heavy atom. The Balaban J connectivity index is 1.94. The van der Waals surface area contributed by atoms with E-state index in [1.54, 1.807) is 22.8 Å². The molecule has 0 saturated heterocycles. The van der Waals surface area contributed by atoms with Crippen LogP contribution in [-0.4, -0.2) is 21.3 Å². The Kier molecular flexibility index (Phi) is 3.91. The van der Waals surface area contributed by atoms with Crippen LogP contribution in [0.25, 0.3) is 17.1 Å². The molecule has 1 N–H and O–H groups in total. The highest BCUT2D eigenvalue weighted by Crippen LogP contribution is 2.36. The fourth-order valence-corrected chi connectivity index (χ4v) is 3.25. The van der Waals surface area contributed by atoms with E-state index in [0.717, 1.165) is 23.5 Å². The molecule has 8 heteroatoms. The summed E-state index contributed by atoms with van der Waals surface area (Å²) in [5.41, 5.74) is 1.18. The zero-order chi connectivity index (χ0) is 18.5. The van der Waals surface area contributed by atoms with Crippen molar-refractivity contribution in [3.05, 3.63) is 58.9 Å². The van der Waals surface area contributed by atoms with Gasteiger partial charge in [-0.15, -0.1) is 10.2 Å². The van der Waals surface area contributed by atoms with Crippen LogP contribution in [0, 0.1) is 0 Å². The van der Waals surface area contributed by atoms with Gasteiger partial charge in [-0.1, -0.05) is 30.7 Å². The summed E-state index contributed by atoms with van der Waals surface area (Å²) in [7, 11) is 0. The molecule has 1 atom stereocenters. The minimum absolute atomic E-state index is 0.0215. The maximum absolute atomic E-state index is 13.1. The van der Waals surface area contributed by atoms with Gasteiger partial charge < -0.3 is 5.32 Å². The normalized spacial score (nSPS) is 16.4. The number of alkyl halides is 3. The van der Waals surface area contributed by atoms with Crippen LogP contribution in [0.2, 0.25) is 5.02 Å². The number of aromatic nitrogens is 3. The fraction of sp³-hybridized carbons (Fsp3) is 0.222. The van der Waals surface area contributed by atoms with Crippen molar-refractivity contribution in [2.24, 2.45) is 0 Å². The Hall–Kier alpha value is -2.54. The molecule has 4 nitrogen and oxygen atoms in total. The average molecular weight is 379 g/mol. The van der Waals surface area contributed by atoms with Crippen molar-refractivity contribution in [2.45, 2.75) is 19.0 Å². The second kappa shape index (κ2) is 6.02. The summed E-state index contributed by atoms with van der Waals surface area (Å²) in [4.78, 5) is 0. The molecule has 0 radical (unpaired) electrons. The summed E-state index contributed by atoms with van der Waals surface area (Å²) in [5, 5.41) is 12.3. The molecule has 1 aliphatic rings. The Labute approximate surface area is 152 Å². The van der Waals surface area contributed by atoms with Crippen LogP contribution in [0.5, 0.6) is 0 Å². The van der Waals surface area contributed by atoms with Gasteiger partial charge in [0.05, 0.1) is 16.9 Å². The van der Waals surface area contributed by atoms with Gasteiger partial charge in [0, 0.05) is 23.0 Å². The van der Waals surface area contributed by atoms with Gasteiger partial charge in [0.1, 0.15) is 5.82 Å². The first-order valence-corrected chi connectivity index (χ1v) is 8.39. The molecule has 26 heavy (non-hydrogen) atoms. The highest BCUT2D eigenvalue weighted by molar-refractivity contribution is 6.31. The van der Waals surface area contributed by atoms with Gasteiger partial charge in [-0.3, -0.25) is 4.57 Å². The standard InChI is InChI=1S/C18H14ClF3N4/c1-10-9-23-14-8-13(19)5-6-15(14)26-16(10)24-25-17(26)11-3-2-4-12(7-11)18(20,21)22/h2-8,10,23H,9H2,1H3. The van der Waals surface area contributed by atoms with Gasteiger partial charge >= 0.3 is 6.18 Å².